The van der Waals surface area contributed by atoms with E-state index >= 15 is 0 Å². The fraction of sp³-hybridized carbons (Fsp3) is 0. The lowest BCUT2D eigenvalue weighted by atomic mass is 11.8. The zero-order chi connectivity index (χ0) is 4.12. The molecule has 0 heterocycles. The predicted octanol–water partition coefficient (Wildman–Crippen LogP) is 0.313. The fourth-order valence-electron chi connectivity index (χ4n) is 0.0248. The monoisotopic (exact) mass is 89.0 g/mol. The molecule has 2 nitrogen and oxygen atoms in total. The topological polar surface area (TPSA) is 34.1 Å². The van der Waals surface area contributed by atoms with Gasteiger partial charge in [0.1, 0.15) is 0 Å². The first kappa shape index (κ1) is 4.77. The Morgan fingerprint density at radius 3 is 1.60 bits per heavy atom. The van der Waals surface area contributed by atoms with Gasteiger partial charge in [0.25, 0.3) is 0 Å². The van der Waals surface area contributed by atoms with E-state index in [-0.39, 0.29) is 8.58 Å². The standard InChI is InChI=1S/C2H2O2P/c3-1-5-2-4/h1-2H. The van der Waals surface area contributed by atoms with Crippen molar-refractivity contribution in [3.63, 3.8) is 0 Å². The van der Waals surface area contributed by atoms with E-state index in [4.69, 9.17) is 9.59 Å². The van der Waals surface area contributed by atoms with Crippen molar-refractivity contribution in [2.45, 2.75) is 0 Å². The summed E-state index contributed by atoms with van der Waals surface area (Å²) in [5.41, 5.74) is 0. The molecule has 1 radical (unpaired) electrons. The van der Waals surface area contributed by atoms with Crippen LogP contribution in [-0.4, -0.2) is 12.1 Å². The Morgan fingerprint density at radius 1 is 1.20 bits per heavy atom. The van der Waals surface area contributed by atoms with Gasteiger partial charge in [-0.3, -0.25) is 9.59 Å². The summed E-state index contributed by atoms with van der Waals surface area (Å²) in [6, 6.07) is 1.07. The maximum absolute atomic E-state index is 9.16. The van der Waals surface area contributed by atoms with Crippen LogP contribution in [0.1, 0.15) is 0 Å². The van der Waals surface area contributed by atoms with Gasteiger partial charge in [-0.1, -0.05) is 0 Å². The minimum absolute atomic E-state index is 0.219. The molecule has 0 aromatic rings. The van der Waals surface area contributed by atoms with Crippen LogP contribution in [0.25, 0.3) is 0 Å². The van der Waals surface area contributed by atoms with Crippen molar-refractivity contribution >= 4 is 20.6 Å². The summed E-state index contributed by atoms with van der Waals surface area (Å²) in [6.07, 6.45) is 0. The maximum atomic E-state index is 9.16. The quantitative estimate of drug-likeness (QED) is 0.360. The summed E-state index contributed by atoms with van der Waals surface area (Å²) in [4.78, 5) is 18.3. The van der Waals surface area contributed by atoms with E-state index in [1.165, 1.54) is 0 Å². The highest BCUT2D eigenvalue weighted by atomic mass is 31.1. The predicted molar refractivity (Wildman–Crippen MR) is 20.4 cm³/mol. The molecule has 0 fully saturated rings. The van der Waals surface area contributed by atoms with Gasteiger partial charge in [0, 0.05) is 0 Å². The fourth-order valence-corrected chi connectivity index (χ4v) is 0.0745. The minimum Gasteiger partial charge on any atom is -0.297 e. The largest absolute Gasteiger partial charge is 0.297 e. The first-order chi connectivity index (χ1) is 2.41. The lowest BCUT2D eigenvalue weighted by Crippen LogP contribution is -1.49. The van der Waals surface area contributed by atoms with Crippen molar-refractivity contribution in [3.8, 4) is 0 Å². The Hall–Kier alpha value is -0.230. The van der Waals surface area contributed by atoms with E-state index in [1.807, 2.05) is 0 Å². The number of carbonyl (C=O) groups is 2. The van der Waals surface area contributed by atoms with Crippen molar-refractivity contribution in [2.24, 2.45) is 0 Å². The van der Waals surface area contributed by atoms with Crippen LogP contribution in [0, 0.1) is 0 Å². The van der Waals surface area contributed by atoms with E-state index < -0.39 is 0 Å². The number of hydrogen-bond acceptors (Lipinski definition) is 2. The summed E-state index contributed by atoms with van der Waals surface area (Å²) in [5.74, 6) is 0. The van der Waals surface area contributed by atoms with E-state index in [2.05, 4.69) is 0 Å². The van der Waals surface area contributed by atoms with Gasteiger partial charge in [-0.15, -0.1) is 0 Å². The Labute approximate surface area is 31.3 Å². The average Bonchev–Trinajstić information content (AvgIpc) is 1.41. The maximum Gasteiger partial charge on any atom is 0.154 e. The molecule has 0 aromatic carbocycles. The van der Waals surface area contributed by atoms with Crippen molar-refractivity contribution in [2.75, 3.05) is 0 Å². The molecule has 0 atom stereocenters. The number of carbonyl (C=O) groups excluding carboxylic acids is 2. The summed E-state index contributed by atoms with van der Waals surface area (Å²) < 4.78 is 0. The van der Waals surface area contributed by atoms with Crippen LogP contribution < -0.4 is 0 Å². The van der Waals surface area contributed by atoms with Gasteiger partial charge in [0.2, 0.25) is 0 Å². The highest BCUT2D eigenvalue weighted by Gasteiger charge is 1.66. The molecule has 0 saturated heterocycles. The van der Waals surface area contributed by atoms with Crippen LogP contribution in [0.2, 0.25) is 0 Å². The van der Waals surface area contributed by atoms with Crippen molar-refractivity contribution in [1.82, 2.24) is 0 Å². The third kappa shape index (κ3) is 3.77. The average molecular weight is 89.0 g/mol. The van der Waals surface area contributed by atoms with Crippen LogP contribution in [0.5, 0.6) is 0 Å². The highest BCUT2D eigenvalue weighted by Crippen LogP contribution is 1.90. The van der Waals surface area contributed by atoms with Crippen LogP contribution >= 0.6 is 8.58 Å². The zero-order valence-corrected chi connectivity index (χ0v) is 3.31. The first-order valence-electron chi connectivity index (χ1n) is 0.988. The lowest BCUT2D eigenvalue weighted by Gasteiger charge is -1.52. The third-order valence-electron chi connectivity index (χ3n) is 0.122. The Bertz CT molecular complexity index is 36.9. The molecule has 0 aliphatic heterocycles. The molecular weight excluding hydrogens is 87.0 g/mol. The van der Waals surface area contributed by atoms with Gasteiger partial charge < -0.3 is 0 Å². The smallest absolute Gasteiger partial charge is 0.154 e. The second-order valence-electron chi connectivity index (χ2n) is 0.360. The van der Waals surface area contributed by atoms with Crippen LogP contribution in [0.4, 0.5) is 0 Å². The molecule has 27 valence electrons. The van der Waals surface area contributed by atoms with E-state index in [0.29, 0.717) is 12.1 Å². The summed E-state index contributed by atoms with van der Waals surface area (Å²) in [7, 11) is 0.219. The highest BCUT2D eigenvalue weighted by molar-refractivity contribution is 7.69. The van der Waals surface area contributed by atoms with Gasteiger partial charge in [-0.2, -0.15) is 0 Å². The van der Waals surface area contributed by atoms with Crippen molar-refractivity contribution in [3.05, 3.63) is 0 Å². The Morgan fingerprint density at radius 2 is 1.60 bits per heavy atom. The molecule has 0 aromatic heterocycles. The van der Waals surface area contributed by atoms with E-state index in [1.54, 1.807) is 0 Å². The van der Waals surface area contributed by atoms with Gasteiger partial charge in [-0.25, -0.2) is 0 Å². The summed E-state index contributed by atoms with van der Waals surface area (Å²) >= 11 is 0. The molecule has 3 heteroatoms. The van der Waals surface area contributed by atoms with E-state index in [0.717, 1.165) is 0 Å². The van der Waals surface area contributed by atoms with Crippen LogP contribution in [0.15, 0.2) is 0 Å². The molecule has 0 unspecified atom stereocenters. The van der Waals surface area contributed by atoms with Gasteiger partial charge >= 0.3 is 0 Å². The summed E-state index contributed by atoms with van der Waals surface area (Å²) in [5, 5.41) is 0. The molecule has 0 amide bonds. The molecule has 0 aliphatic rings. The van der Waals surface area contributed by atoms with Crippen LogP contribution in [0.3, 0.4) is 0 Å². The molecule has 5 heavy (non-hydrogen) atoms. The molecule has 0 N–H and O–H groups in total. The lowest BCUT2D eigenvalue weighted by molar-refractivity contribution is 0.566. The molecule has 0 saturated carbocycles. The molecular formula is C2H2O2P. The number of hydrogen-bond donors (Lipinski definition) is 0. The summed E-state index contributed by atoms with van der Waals surface area (Å²) in [6.45, 7) is 0. The minimum atomic E-state index is 0.219. The normalized spacial score (nSPS) is 6.40. The van der Waals surface area contributed by atoms with Crippen molar-refractivity contribution < 1.29 is 9.59 Å². The number of rotatable bonds is 2. The molecule has 0 aliphatic carbocycles. The second-order valence-corrected chi connectivity index (χ2v) is 1.08. The third-order valence-corrected chi connectivity index (χ3v) is 0.365. The van der Waals surface area contributed by atoms with Gasteiger partial charge in [0.05, 0.1) is 8.58 Å². The molecule has 0 rings (SSSR count). The Kier molecular flexibility index (Phi) is 3.60. The SMILES string of the molecule is O=C[P]C=O. The zero-order valence-electron chi connectivity index (χ0n) is 2.42. The van der Waals surface area contributed by atoms with E-state index in [9.17, 15) is 0 Å². The first-order valence-corrected chi connectivity index (χ1v) is 2.02. The van der Waals surface area contributed by atoms with Gasteiger partial charge in [-0.05, 0) is 0 Å². The van der Waals surface area contributed by atoms with Gasteiger partial charge in [0.15, 0.2) is 12.1 Å². The van der Waals surface area contributed by atoms with Crippen molar-refractivity contribution in [1.29, 1.82) is 0 Å². The second kappa shape index (κ2) is 3.77. The molecule has 0 spiro atoms. The molecule has 0 bridgehead atoms. The van der Waals surface area contributed by atoms with Crippen LogP contribution in [-0.2, 0) is 9.59 Å². The Balaban J connectivity index is 2.65.